The van der Waals surface area contributed by atoms with E-state index in [1.807, 2.05) is 0 Å². The van der Waals surface area contributed by atoms with Crippen LogP contribution in [0.3, 0.4) is 0 Å². The van der Waals surface area contributed by atoms with Gasteiger partial charge in [0.05, 0.1) is 10.3 Å². The van der Waals surface area contributed by atoms with Crippen molar-refractivity contribution in [2.75, 3.05) is 0 Å². The monoisotopic (exact) mass is 229 g/mol. The average molecular weight is 229 g/mol. The van der Waals surface area contributed by atoms with E-state index in [-0.39, 0.29) is 11.1 Å². The van der Waals surface area contributed by atoms with Crippen molar-refractivity contribution in [1.82, 2.24) is 0 Å². The van der Waals surface area contributed by atoms with Crippen molar-refractivity contribution in [3.8, 4) is 0 Å². The molecule has 6 heteroatoms. The predicted molar refractivity (Wildman–Crippen MR) is 55.7 cm³/mol. The lowest BCUT2D eigenvalue weighted by Crippen LogP contribution is -1.87. The standard InChI is InChI=1S/C8H4FNO2S2/c9-5-1-4(13)2-7-8(5)6(3-14-7)10(11)12/h1-3,13H. The zero-order chi connectivity index (χ0) is 10.3. The quantitative estimate of drug-likeness (QED) is 0.463. The molecule has 0 fully saturated rings. The lowest BCUT2D eigenvalue weighted by Gasteiger charge is -1.94. The molecule has 14 heavy (non-hydrogen) atoms. The number of halogens is 1. The van der Waals surface area contributed by atoms with Gasteiger partial charge in [0, 0.05) is 9.60 Å². The number of rotatable bonds is 1. The van der Waals surface area contributed by atoms with E-state index >= 15 is 0 Å². The number of nitrogens with zero attached hydrogens (tertiary/aromatic N) is 1. The van der Waals surface area contributed by atoms with Gasteiger partial charge in [-0.1, -0.05) is 0 Å². The van der Waals surface area contributed by atoms with Gasteiger partial charge in [0.2, 0.25) is 0 Å². The van der Waals surface area contributed by atoms with Crippen molar-refractivity contribution in [2.24, 2.45) is 0 Å². The van der Waals surface area contributed by atoms with Gasteiger partial charge >= 0.3 is 0 Å². The number of nitro groups is 1. The fourth-order valence-corrected chi connectivity index (χ4v) is 2.51. The van der Waals surface area contributed by atoms with E-state index in [9.17, 15) is 14.5 Å². The number of benzene rings is 1. The van der Waals surface area contributed by atoms with Crippen LogP contribution in [0, 0.1) is 15.9 Å². The minimum Gasteiger partial charge on any atom is -0.258 e. The third kappa shape index (κ3) is 1.36. The molecule has 2 rings (SSSR count). The van der Waals surface area contributed by atoms with Gasteiger partial charge in [0.25, 0.3) is 5.69 Å². The molecule has 0 aliphatic rings. The van der Waals surface area contributed by atoms with Crippen LogP contribution in [-0.2, 0) is 0 Å². The van der Waals surface area contributed by atoms with Crippen molar-refractivity contribution in [1.29, 1.82) is 0 Å². The Hall–Kier alpha value is -1.14. The first-order valence-electron chi connectivity index (χ1n) is 3.63. The van der Waals surface area contributed by atoms with E-state index in [0.717, 1.165) is 11.3 Å². The lowest BCUT2D eigenvalue weighted by molar-refractivity contribution is -0.382. The van der Waals surface area contributed by atoms with Crippen molar-refractivity contribution in [2.45, 2.75) is 4.90 Å². The Bertz CT molecular complexity index is 523. The Kier molecular flexibility index (Phi) is 2.16. The summed E-state index contributed by atoms with van der Waals surface area (Å²) >= 11 is 5.13. The van der Waals surface area contributed by atoms with Crippen molar-refractivity contribution < 1.29 is 9.31 Å². The summed E-state index contributed by atoms with van der Waals surface area (Å²) in [5.74, 6) is -0.597. The maximum atomic E-state index is 13.4. The minimum absolute atomic E-state index is 0.0674. The number of hydrogen-bond donors (Lipinski definition) is 1. The highest BCUT2D eigenvalue weighted by molar-refractivity contribution is 7.80. The van der Waals surface area contributed by atoms with Crippen LogP contribution >= 0.6 is 24.0 Å². The van der Waals surface area contributed by atoms with E-state index in [1.165, 1.54) is 11.4 Å². The molecule has 72 valence electrons. The second kappa shape index (κ2) is 3.21. The predicted octanol–water partition coefficient (Wildman–Crippen LogP) is 3.24. The highest BCUT2D eigenvalue weighted by atomic mass is 32.1. The molecule has 0 saturated carbocycles. The van der Waals surface area contributed by atoms with E-state index in [0.29, 0.717) is 9.60 Å². The van der Waals surface area contributed by atoms with Gasteiger partial charge in [-0.25, -0.2) is 4.39 Å². The molecule has 0 unspecified atom stereocenters. The van der Waals surface area contributed by atoms with E-state index in [4.69, 9.17) is 0 Å². The number of thiophene rings is 1. The molecule has 0 N–H and O–H groups in total. The topological polar surface area (TPSA) is 43.1 Å². The van der Waals surface area contributed by atoms with Gasteiger partial charge < -0.3 is 0 Å². The normalized spacial score (nSPS) is 10.7. The summed E-state index contributed by atoms with van der Waals surface area (Å²) in [5.41, 5.74) is -0.184. The number of fused-ring (bicyclic) bond motifs is 1. The number of hydrogen-bond acceptors (Lipinski definition) is 4. The zero-order valence-electron chi connectivity index (χ0n) is 6.73. The molecule has 1 aromatic heterocycles. The smallest absolute Gasteiger partial charge is 0.258 e. The molecule has 0 aliphatic carbocycles. The highest BCUT2D eigenvalue weighted by Crippen LogP contribution is 2.35. The molecule has 0 bridgehead atoms. The van der Waals surface area contributed by atoms with Crippen LogP contribution in [-0.4, -0.2) is 4.92 Å². The summed E-state index contributed by atoms with van der Waals surface area (Å²) in [6.45, 7) is 0. The summed E-state index contributed by atoms with van der Waals surface area (Å²) in [6.07, 6.45) is 0. The third-order valence-corrected chi connectivity index (χ3v) is 2.96. The van der Waals surface area contributed by atoms with Crippen LogP contribution in [0.4, 0.5) is 10.1 Å². The Balaban J connectivity index is 2.85. The molecule has 3 nitrogen and oxygen atoms in total. The third-order valence-electron chi connectivity index (χ3n) is 1.79. The summed E-state index contributed by atoms with van der Waals surface area (Å²) in [4.78, 5) is 10.4. The summed E-state index contributed by atoms with van der Waals surface area (Å²) in [7, 11) is 0. The molecule has 0 saturated heterocycles. The zero-order valence-corrected chi connectivity index (χ0v) is 8.44. The molecule has 0 radical (unpaired) electrons. The molecular formula is C8H4FNO2S2. The second-order valence-electron chi connectivity index (χ2n) is 2.68. The van der Waals surface area contributed by atoms with Crippen LogP contribution in [0.5, 0.6) is 0 Å². The Morgan fingerprint density at radius 3 is 2.86 bits per heavy atom. The van der Waals surface area contributed by atoms with Crippen LogP contribution in [0.25, 0.3) is 10.1 Å². The lowest BCUT2D eigenvalue weighted by atomic mass is 10.2. The highest BCUT2D eigenvalue weighted by Gasteiger charge is 2.18. The van der Waals surface area contributed by atoms with E-state index in [1.54, 1.807) is 6.07 Å². The second-order valence-corrected chi connectivity index (χ2v) is 4.11. The van der Waals surface area contributed by atoms with E-state index in [2.05, 4.69) is 12.6 Å². The van der Waals surface area contributed by atoms with Crippen molar-refractivity contribution >= 4 is 39.7 Å². The van der Waals surface area contributed by atoms with Crippen LogP contribution in [0.2, 0.25) is 0 Å². The maximum Gasteiger partial charge on any atom is 0.290 e. The Morgan fingerprint density at radius 1 is 1.50 bits per heavy atom. The number of thiol groups is 1. The van der Waals surface area contributed by atoms with Gasteiger partial charge in [-0.05, 0) is 12.1 Å². The van der Waals surface area contributed by atoms with Gasteiger partial charge in [0.15, 0.2) is 0 Å². The summed E-state index contributed by atoms with van der Waals surface area (Å²) < 4.78 is 13.9. The van der Waals surface area contributed by atoms with Crippen molar-refractivity contribution in [3.05, 3.63) is 33.4 Å². The molecule has 0 aliphatic heterocycles. The van der Waals surface area contributed by atoms with Gasteiger partial charge in [-0.3, -0.25) is 10.1 Å². The molecular weight excluding hydrogens is 225 g/mol. The SMILES string of the molecule is O=[N+]([O-])c1csc2cc(S)cc(F)c12. The average Bonchev–Trinajstić information content (AvgIpc) is 2.47. The summed E-state index contributed by atoms with van der Waals surface area (Å²) in [6, 6.07) is 2.78. The Morgan fingerprint density at radius 2 is 2.21 bits per heavy atom. The maximum absolute atomic E-state index is 13.4. The van der Waals surface area contributed by atoms with Crippen LogP contribution in [0.1, 0.15) is 0 Å². The fourth-order valence-electron chi connectivity index (χ4n) is 1.22. The first kappa shape index (κ1) is 9.42. The van der Waals surface area contributed by atoms with E-state index < -0.39 is 10.7 Å². The fraction of sp³-hybridized carbons (Fsp3) is 0. The molecule has 1 heterocycles. The first-order valence-corrected chi connectivity index (χ1v) is 4.96. The van der Waals surface area contributed by atoms with Gasteiger partial charge in [0.1, 0.15) is 11.2 Å². The first-order chi connectivity index (χ1) is 6.59. The largest absolute Gasteiger partial charge is 0.290 e. The van der Waals surface area contributed by atoms with Crippen LogP contribution in [0.15, 0.2) is 22.4 Å². The minimum atomic E-state index is -0.597. The van der Waals surface area contributed by atoms with Gasteiger partial charge in [-0.2, -0.15) is 0 Å². The molecule has 0 amide bonds. The molecule has 0 spiro atoms. The van der Waals surface area contributed by atoms with Crippen LogP contribution < -0.4 is 0 Å². The molecule has 2 aromatic rings. The van der Waals surface area contributed by atoms with Gasteiger partial charge in [-0.15, -0.1) is 24.0 Å². The Labute approximate surface area is 87.7 Å². The van der Waals surface area contributed by atoms with Crippen molar-refractivity contribution in [3.63, 3.8) is 0 Å². The molecule has 0 atom stereocenters. The molecule has 1 aromatic carbocycles. The summed E-state index contributed by atoms with van der Waals surface area (Å²) in [5, 5.41) is 11.9.